The van der Waals surface area contributed by atoms with Crippen molar-refractivity contribution in [3.63, 3.8) is 0 Å². The van der Waals surface area contributed by atoms with Gasteiger partial charge in [-0.25, -0.2) is 11.4 Å². The number of carbonyl (C=O) groups is 1. The van der Waals surface area contributed by atoms with Crippen LogP contribution in [0.3, 0.4) is 0 Å². The molecule has 0 spiro atoms. The molecule has 1 heterocycles. The summed E-state index contributed by atoms with van der Waals surface area (Å²) in [6.45, 7) is 14.2. The highest BCUT2D eigenvalue weighted by Gasteiger charge is 2.26. The molecule has 0 aromatic carbocycles. The quantitative estimate of drug-likeness (QED) is 0.419. The van der Waals surface area contributed by atoms with E-state index in [2.05, 4.69) is 10.9 Å². The van der Waals surface area contributed by atoms with Crippen molar-refractivity contribution in [1.29, 1.82) is 0 Å². The van der Waals surface area contributed by atoms with Gasteiger partial charge in [0, 0.05) is 19.5 Å². The predicted molar refractivity (Wildman–Crippen MR) is 66.6 cm³/mol. The third-order valence-electron chi connectivity index (χ3n) is 2.42. The zero-order valence-electron chi connectivity index (χ0n) is 10.8. The van der Waals surface area contributed by atoms with Crippen LogP contribution in [0.2, 0.25) is 0 Å². The molecule has 4 nitrogen and oxygen atoms in total. The van der Waals surface area contributed by atoms with Crippen molar-refractivity contribution in [2.45, 2.75) is 39.2 Å². The lowest BCUT2D eigenvalue weighted by Crippen LogP contribution is -2.34. The first-order valence-electron chi connectivity index (χ1n) is 5.91. The van der Waals surface area contributed by atoms with Gasteiger partial charge < -0.3 is 14.5 Å². The molecule has 1 saturated heterocycles. The molecule has 0 unspecified atom stereocenters. The number of hydrogen-bond donors (Lipinski definition) is 0. The van der Waals surface area contributed by atoms with Crippen LogP contribution in [0.4, 0.5) is 4.79 Å². The number of hydrogen-bond acceptors (Lipinski definition) is 2. The molecule has 0 aliphatic carbocycles. The van der Waals surface area contributed by atoms with Crippen molar-refractivity contribution in [2.24, 2.45) is 0 Å². The molecular formula is C13H20N2O2. The van der Waals surface area contributed by atoms with Crippen molar-refractivity contribution in [2.75, 3.05) is 19.6 Å². The largest absolute Gasteiger partial charge is 0.444 e. The van der Waals surface area contributed by atoms with Crippen LogP contribution in [0.1, 0.15) is 33.6 Å². The Labute approximate surface area is 103 Å². The fraction of sp³-hybridized carbons (Fsp3) is 0.692. The van der Waals surface area contributed by atoms with Gasteiger partial charge in [0.25, 0.3) is 0 Å². The Morgan fingerprint density at radius 3 is 2.88 bits per heavy atom. The number of rotatable bonds is 2. The van der Waals surface area contributed by atoms with Crippen molar-refractivity contribution >= 4 is 6.09 Å². The standard InChI is InChI=1S/C13H20N2O2/c1-13(2,3)17-12(16)15-9-7-11(10-15)6-5-8-14-4/h6H,5,7-10H2,1-3H3/b11-6+. The van der Waals surface area contributed by atoms with Crippen LogP contribution in [0, 0.1) is 6.57 Å². The smallest absolute Gasteiger partial charge is 0.410 e. The van der Waals surface area contributed by atoms with Crippen LogP contribution in [-0.2, 0) is 4.74 Å². The molecule has 1 aliphatic heterocycles. The summed E-state index contributed by atoms with van der Waals surface area (Å²) in [6, 6.07) is 0. The molecule has 0 saturated carbocycles. The van der Waals surface area contributed by atoms with E-state index in [1.807, 2.05) is 20.8 Å². The number of likely N-dealkylation sites (tertiary alicyclic amines) is 1. The van der Waals surface area contributed by atoms with Crippen LogP contribution in [0.15, 0.2) is 11.6 Å². The molecule has 4 heteroatoms. The molecule has 1 amide bonds. The van der Waals surface area contributed by atoms with Crippen molar-refractivity contribution in [1.82, 2.24) is 4.90 Å². The van der Waals surface area contributed by atoms with E-state index in [9.17, 15) is 4.79 Å². The van der Waals surface area contributed by atoms with Crippen LogP contribution >= 0.6 is 0 Å². The summed E-state index contributed by atoms with van der Waals surface area (Å²) in [4.78, 5) is 16.8. The molecule has 17 heavy (non-hydrogen) atoms. The lowest BCUT2D eigenvalue weighted by atomic mass is 10.2. The zero-order valence-corrected chi connectivity index (χ0v) is 10.8. The summed E-state index contributed by atoms with van der Waals surface area (Å²) in [6.07, 6.45) is 3.51. The SMILES string of the molecule is [C-]#[N+]CC/C=C1\CCN(C(=O)OC(C)(C)C)C1. The second-order valence-corrected chi connectivity index (χ2v) is 5.18. The van der Waals surface area contributed by atoms with Gasteiger partial charge in [-0.05, 0) is 27.2 Å². The molecule has 1 rings (SSSR count). The minimum absolute atomic E-state index is 0.244. The van der Waals surface area contributed by atoms with Gasteiger partial charge in [-0.2, -0.15) is 0 Å². The number of ether oxygens (including phenoxy) is 1. The van der Waals surface area contributed by atoms with Gasteiger partial charge in [-0.3, -0.25) is 0 Å². The van der Waals surface area contributed by atoms with E-state index < -0.39 is 5.60 Å². The zero-order chi connectivity index (χ0) is 12.9. The first-order valence-corrected chi connectivity index (χ1v) is 5.91. The molecular weight excluding hydrogens is 216 g/mol. The summed E-state index contributed by atoms with van der Waals surface area (Å²) in [5.74, 6) is 0. The van der Waals surface area contributed by atoms with Crippen LogP contribution < -0.4 is 0 Å². The van der Waals surface area contributed by atoms with Crippen molar-refractivity contribution in [3.8, 4) is 0 Å². The Morgan fingerprint density at radius 1 is 1.59 bits per heavy atom. The van der Waals surface area contributed by atoms with Gasteiger partial charge in [-0.15, -0.1) is 0 Å². The van der Waals surface area contributed by atoms with E-state index in [1.54, 1.807) is 4.90 Å². The monoisotopic (exact) mass is 236 g/mol. The first-order chi connectivity index (χ1) is 7.92. The summed E-state index contributed by atoms with van der Waals surface area (Å²) >= 11 is 0. The maximum absolute atomic E-state index is 11.8. The summed E-state index contributed by atoms with van der Waals surface area (Å²) in [7, 11) is 0. The fourth-order valence-electron chi connectivity index (χ4n) is 1.66. The van der Waals surface area contributed by atoms with Gasteiger partial charge >= 0.3 is 6.09 Å². The minimum atomic E-state index is -0.437. The maximum atomic E-state index is 11.8. The third-order valence-corrected chi connectivity index (χ3v) is 2.42. The van der Waals surface area contributed by atoms with E-state index in [-0.39, 0.29) is 6.09 Å². The average Bonchev–Trinajstić information content (AvgIpc) is 2.64. The minimum Gasteiger partial charge on any atom is -0.444 e. The second kappa shape index (κ2) is 5.72. The lowest BCUT2D eigenvalue weighted by Gasteiger charge is -2.23. The number of nitrogens with zero attached hydrogens (tertiary/aromatic N) is 2. The highest BCUT2D eigenvalue weighted by molar-refractivity contribution is 5.69. The maximum Gasteiger partial charge on any atom is 0.410 e. The van der Waals surface area contributed by atoms with E-state index >= 15 is 0 Å². The van der Waals surface area contributed by atoms with E-state index in [4.69, 9.17) is 11.3 Å². The Bertz CT molecular complexity index is 347. The number of amides is 1. The van der Waals surface area contributed by atoms with Crippen LogP contribution in [-0.4, -0.2) is 36.2 Å². The molecule has 0 bridgehead atoms. The fourth-order valence-corrected chi connectivity index (χ4v) is 1.66. The molecule has 0 aromatic heterocycles. The van der Waals surface area contributed by atoms with Gasteiger partial charge in [0.15, 0.2) is 0 Å². The highest BCUT2D eigenvalue weighted by Crippen LogP contribution is 2.19. The van der Waals surface area contributed by atoms with Gasteiger partial charge in [-0.1, -0.05) is 11.6 Å². The van der Waals surface area contributed by atoms with Gasteiger partial charge in [0.05, 0.1) is 0 Å². The molecule has 0 radical (unpaired) electrons. The lowest BCUT2D eigenvalue weighted by molar-refractivity contribution is 0.0299. The number of carbonyl (C=O) groups excluding carboxylic acids is 1. The van der Waals surface area contributed by atoms with Crippen LogP contribution in [0.25, 0.3) is 4.85 Å². The van der Waals surface area contributed by atoms with Gasteiger partial charge in [0.2, 0.25) is 6.54 Å². The van der Waals surface area contributed by atoms with Crippen molar-refractivity contribution < 1.29 is 9.53 Å². The average molecular weight is 236 g/mol. The molecule has 0 aromatic rings. The molecule has 0 atom stereocenters. The Hall–Kier alpha value is -1.50. The summed E-state index contributed by atoms with van der Waals surface area (Å²) < 4.78 is 5.31. The second-order valence-electron chi connectivity index (χ2n) is 5.18. The summed E-state index contributed by atoms with van der Waals surface area (Å²) in [5, 5.41) is 0. The topological polar surface area (TPSA) is 33.9 Å². The Kier molecular flexibility index (Phi) is 4.56. The van der Waals surface area contributed by atoms with Crippen molar-refractivity contribution in [3.05, 3.63) is 23.1 Å². The third kappa shape index (κ3) is 4.90. The summed E-state index contributed by atoms with van der Waals surface area (Å²) in [5.41, 5.74) is 0.799. The highest BCUT2D eigenvalue weighted by atomic mass is 16.6. The van der Waals surface area contributed by atoms with Gasteiger partial charge in [0.1, 0.15) is 5.60 Å². The molecule has 1 aliphatic rings. The first kappa shape index (κ1) is 13.6. The predicted octanol–water partition coefficient (Wildman–Crippen LogP) is 2.86. The Morgan fingerprint density at radius 2 is 2.29 bits per heavy atom. The normalized spacial score (nSPS) is 18.2. The molecule has 0 N–H and O–H groups in total. The Balaban J connectivity index is 2.42. The van der Waals surface area contributed by atoms with Crippen LogP contribution in [0.5, 0.6) is 0 Å². The van der Waals surface area contributed by atoms with E-state index in [0.29, 0.717) is 13.1 Å². The van der Waals surface area contributed by atoms with E-state index in [0.717, 1.165) is 19.4 Å². The molecule has 94 valence electrons. The van der Waals surface area contributed by atoms with E-state index in [1.165, 1.54) is 5.57 Å². The molecule has 1 fully saturated rings.